The van der Waals surface area contributed by atoms with Gasteiger partial charge >= 0.3 is 0 Å². The first kappa shape index (κ1) is 19.3. The van der Waals surface area contributed by atoms with E-state index in [-0.39, 0.29) is 12.4 Å². The van der Waals surface area contributed by atoms with Crippen LogP contribution in [0.1, 0.15) is 25.3 Å². The van der Waals surface area contributed by atoms with Crippen molar-refractivity contribution in [2.75, 3.05) is 38.2 Å². The first-order valence-electron chi connectivity index (χ1n) is 9.26. The Bertz CT molecular complexity index is 668. The molecule has 0 unspecified atom stereocenters. The lowest BCUT2D eigenvalue weighted by Gasteiger charge is -2.46. The zero-order chi connectivity index (χ0) is 18.7. The second-order valence-electron chi connectivity index (χ2n) is 7.27. The van der Waals surface area contributed by atoms with E-state index in [9.17, 15) is 4.39 Å². The lowest BCUT2D eigenvalue weighted by atomic mass is 9.98. The van der Waals surface area contributed by atoms with Gasteiger partial charge in [0.25, 0.3) is 8.65 Å². The number of rotatable bonds is 7. The molecule has 2 fully saturated rings. The third kappa shape index (κ3) is 4.24. The van der Waals surface area contributed by atoms with E-state index >= 15 is 0 Å². The van der Waals surface area contributed by atoms with Crippen LogP contribution >= 0.6 is 0 Å². The highest BCUT2D eigenvalue weighted by atomic mass is 28.3. The van der Waals surface area contributed by atoms with Crippen molar-refractivity contribution in [2.24, 2.45) is 0 Å². The van der Waals surface area contributed by atoms with Crippen LogP contribution in [0.15, 0.2) is 30.0 Å². The highest BCUT2D eigenvalue weighted by molar-refractivity contribution is 6.62. The fourth-order valence-electron chi connectivity index (χ4n) is 3.60. The summed E-state index contributed by atoms with van der Waals surface area (Å²) in [6, 6.07) is 6.18. The van der Waals surface area contributed by atoms with Crippen LogP contribution in [0.4, 0.5) is 10.1 Å². The lowest BCUT2D eigenvalue weighted by Crippen LogP contribution is -2.58. The maximum atomic E-state index is 15.0. The molecule has 0 aliphatic carbocycles. The molecule has 142 valence electrons. The van der Waals surface area contributed by atoms with Gasteiger partial charge in [-0.05, 0) is 31.0 Å². The Labute approximate surface area is 157 Å². The van der Waals surface area contributed by atoms with Crippen molar-refractivity contribution in [3.05, 3.63) is 41.4 Å². The summed E-state index contributed by atoms with van der Waals surface area (Å²) in [5, 5.41) is 0.940. The van der Waals surface area contributed by atoms with Gasteiger partial charge in [-0.15, -0.1) is 0 Å². The smallest absolute Gasteiger partial charge is 0.256 e. The molecule has 0 aromatic heterocycles. The summed E-state index contributed by atoms with van der Waals surface area (Å²) in [6.07, 6.45) is 6.50. The van der Waals surface area contributed by atoms with Crippen LogP contribution in [-0.4, -0.2) is 65.2 Å². The number of halogens is 1. The minimum absolute atomic E-state index is 0.161. The summed E-state index contributed by atoms with van der Waals surface area (Å²) in [5.41, 5.74) is 1.29. The van der Waals surface area contributed by atoms with E-state index in [0.717, 1.165) is 44.2 Å². The molecule has 0 bridgehead atoms. The van der Waals surface area contributed by atoms with Gasteiger partial charge in [-0.3, -0.25) is 4.90 Å². The molecule has 2 heterocycles. The van der Waals surface area contributed by atoms with Gasteiger partial charge in [0.1, 0.15) is 0 Å². The Kier molecular flexibility index (Phi) is 6.27. The molecule has 0 N–H and O–H groups in total. The van der Waals surface area contributed by atoms with Crippen molar-refractivity contribution in [2.45, 2.75) is 38.5 Å². The molecule has 0 saturated carbocycles. The van der Waals surface area contributed by atoms with Gasteiger partial charge in [0.2, 0.25) is 0 Å². The Hall–Kier alpha value is -1.50. The zero-order valence-electron chi connectivity index (χ0n) is 15.8. The number of ether oxygens (including phenoxy) is 1. The summed E-state index contributed by atoms with van der Waals surface area (Å²) in [7, 11) is 0.459. The zero-order valence-corrected chi connectivity index (χ0v) is 16.8. The van der Waals surface area contributed by atoms with Crippen molar-refractivity contribution in [1.29, 1.82) is 0 Å². The van der Waals surface area contributed by atoms with E-state index in [2.05, 4.69) is 22.6 Å². The molecule has 2 aliphatic heterocycles. The number of methoxy groups -OCH3 is 1. The van der Waals surface area contributed by atoms with Crippen LogP contribution < -0.4 is 4.90 Å². The van der Waals surface area contributed by atoms with Gasteiger partial charge in [0.15, 0.2) is 5.82 Å². The third-order valence-electron chi connectivity index (χ3n) is 5.47. The average molecular weight is 377 g/mol. The van der Waals surface area contributed by atoms with Crippen molar-refractivity contribution in [1.82, 2.24) is 4.90 Å². The highest BCUT2D eigenvalue weighted by Gasteiger charge is 2.34. The number of hydrogen-bond donors (Lipinski definition) is 0. The first-order valence-corrected chi connectivity index (χ1v) is 10.9. The van der Waals surface area contributed by atoms with E-state index in [4.69, 9.17) is 9.16 Å². The Morgan fingerprint density at radius 2 is 2.00 bits per heavy atom. The maximum absolute atomic E-state index is 15.0. The topological polar surface area (TPSA) is 24.9 Å². The van der Waals surface area contributed by atoms with E-state index in [1.54, 1.807) is 13.2 Å². The van der Waals surface area contributed by atoms with Crippen LogP contribution in [0, 0.1) is 5.82 Å². The van der Waals surface area contributed by atoms with E-state index in [1.807, 2.05) is 19.1 Å². The van der Waals surface area contributed by atoms with E-state index < -0.39 is 8.65 Å². The normalized spacial score (nSPS) is 19.3. The Morgan fingerprint density at radius 3 is 2.62 bits per heavy atom. The molecular formula is C20H29FN2O2Si. The molecule has 1 aromatic rings. The van der Waals surface area contributed by atoms with Crippen LogP contribution in [0.2, 0.25) is 0 Å². The van der Waals surface area contributed by atoms with Gasteiger partial charge < -0.3 is 14.1 Å². The molecule has 4 nitrogen and oxygen atoms in total. The van der Waals surface area contributed by atoms with Crippen LogP contribution in [-0.2, 0) is 15.8 Å². The van der Waals surface area contributed by atoms with Gasteiger partial charge in [-0.2, -0.15) is 0 Å². The molecule has 3 rings (SSSR count). The highest BCUT2D eigenvalue weighted by Crippen LogP contribution is 2.29. The molecule has 0 atom stereocenters. The molecule has 26 heavy (non-hydrogen) atoms. The molecule has 0 spiro atoms. The standard InChI is InChI=1S/C20H29FN2O2Si/c1-15(2)26(4)25-14-16-6-5-7-19(20(16)21)22-10-8-17(9-11-22)23-12-18(13-23)24-3/h5-7,17-18H,1,4,8-14H2,2-3H3. The van der Waals surface area contributed by atoms with E-state index in [0.29, 0.717) is 23.4 Å². The average Bonchev–Trinajstić information content (AvgIpc) is 2.60. The largest absolute Gasteiger partial charge is 0.543 e. The van der Waals surface area contributed by atoms with Crippen molar-refractivity contribution < 1.29 is 13.6 Å². The third-order valence-corrected chi connectivity index (χ3v) is 6.91. The lowest BCUT2D eigenvalue weighted by molar-refractivity contribution is -0.0547. The Balaban J connectivity index is 1.57. The molecule has 6 heteroatoms. The van der Waals surface area contributed by atoms with Gasteiger partial charge in [-0.1, -0.05) is 24.9 Å². The second kappa shape index (κ2) is 8.46. The van der Waals surface area contributed by atoms with Crippen LogP contribution in [0.25, 0.3) is 0 Å². The SMILES string of the molecule is C=C(C)[Si](=C)OCc1cccc(N2CCC(N3CC(OC)C3)CC2)c1F. The predicted octanol–water partition coefficient (Wildman–Crippen LogP) is 2.76. The molecule has 2 saturated heterocycles. The number of benzene rings is 1. The molecular weight excluding hydrogens is 347 g/mol. The fourth-order valence-corrected chi connectivity index (χ4v) is 4.17. The summed E-state index contributed by atoms with van der Waals surface area (Å²) in [6.45, 7) is 9.86. The predicted molar refractivity (Wildman–Crippen MR) is 106 cm³/mol. The molecule has 0 radical (unpaired) electrons. The van der Waals surface area contributed by atoms with Crippen LogP contribution in [0.3, 0.4) is 0 Å². The number of piperidine rings is 1. The second-order valence-corrected chi connectivity index (χ2v) is 9.26. The number of likely N-dealkylation sites (tertiary alicyclic amines) is 1. The van der Waals surface area contributed by atoms with Crippen molar-refractivity contribution in [3.8, 4) is 0 Å². The van der Waals surface area contributed by atoms with Crippen molar-refractivity contribution in [3.63, 3.8) is 0 Å². The number of nitrogens with zero attached hydrogens (tertiary/aromatic N) is 2. The minimum atomic E-state index is -1.32. The molecule has 1 aromatic carbocycles. The fraction of sp³-hybridized carbons (Fsp3) is 0.550. The summed E-state index contributed by atoms with van der Waals surface area (Å²) in [5.74, 6) is -0.161. The quantitative estimate of drug-likeness (QED) is 0.683. The summed E-state index contributed by atoms with van der Waals surface area (Å²) < 4.78 is 26.0. The van der Waals surface area contributed by atoms with Gasteiger partial charge in [0, 0.05) is 44.9 Å². The molecule has 2 aliphatic rings. The van der Waals surface area contributed by atoms with Crippen molar-refractivity contribution >= 4 is 20.5 Å². The monoisotopic (exact) mass is 376 g/mol. The first-order chi connectivity index (χ1) is 12.5. The Morgan fingerprint density at radius 1 is 1.31 bits per heavy atom. The minimum Gasteiger partial charge on any atom is -0.543 e. The maximum Gasteiger partial charge on any atom is 0.256 e. The number of anilines is 1. The van der Waals surface area contributed by atoms with Gasteiger partial charge in [0.05, 0.1) is 18.4 Å². The number of allylic oxidation sites excluding steroid dienone is 1. The van der Waals surface area contributed by atoms with E-state index in [1.165, 1.54) is 0 Å². The van der Waals surface area contributed by atoms with Crippen LogP contribution in [0.5, 0.6) is 0 Å². The summed E-state index contributed by atoms with van der Waals surface area (Å²) in [4.78, 5) is 4.65. The number of hydrogen-bond acceptors (Lipinski definition) is 4. The molecule has 0 amide bonds. The van der Waals surface area contributed by atoms with Gasteiger partial charge in [-0.25, -0.2) is 4.39 Å². The summed E-state index contributed by atoms with van der Waals surface area (Å²) >= 11 is 0.